The molecule has 2 heteroatoms. The van der Waals surface area contributed by atoms with Crippen LogP contribution in [0.25, 0.3) is 77.0 Å². The van der Waals surface area contributed by atoms with E-state index >= 15 is 0 Å². The van der Waals surface area contributed by atoms with Crippen molar-refractivity contribution >= 4 is 63.2 Å². The summed E-state index contributed by atoms with van der Waals surface area (Å²) >= 11 is 0. The van der Waals surface area contributed by atoms with Crippen molar-refractivity contribution in [3.63, 3.8) is 0 Å². The molecule has 7 aromatic carbocycles. The van der Waals surface area contributed by atoms with Gasteiger partial charge in [0.25, 0.3) is 0 Å². The predicted octanol–water partition coefficient (Wildman–Crippen LogP) is 12.0. The van der Waals surface area contributed by atoms with Crippen molar-refractivity contribution in [3.8, 4) is 22.0 Å². The summed E-state index contributed by atoms with van der Waals surface area (Å²) in [4.78, 5) is 5.60. The lowest BCUT2D eigenvalue weighted by Crippen LogP contribution is -2.22. The normalized spacial score (nSPS) is 16.4. The Kier molecular flexibility index (Phi) is 6.66. The maximum atomic E-state index is 5.60. The second-order valence-electron chi connectivity index (χ2n) is 14.0. The van der Waals surface area contributed by atoms with Crippen LogP contribution in [0.15, 0.2) is 170 Å². The van der Waals surface area contributed by atoms with Crippen molar-refractivity contribution in [2.75, 3.05) is 0 Å². The first-order valence-electron chi connectivity index (χ1n) is 18.1. The van der Waals surface area contributed by atoms with Crippen LogP contribution in [0.2, 0.25) is 0 Å². The maximum Gasteiger partial charge on any atom is 0.0681 e. The van der Waals surface area contributed by atoms with Crippen molar-refractivity contribution in [3.05, 3.63) is 203 Å². The van der Waals surface area contributed by atoms with Crippen molar-refractivity contribution in [1.82, 2.24) is 4.98 Å². The zero-order chi connectivity index (χ0) is 34.2. The number of rotatable bonds is 3. The quantitative estimate of drug-likeness (QED) is 0.170. The second kappa shape index (κ2) is 11.7. The van der Waals surface area contributed by atoms with Crippen LogP contribution in [-0.2, 0) is 0 Å². The monoisotopic (exact) mass is 677 g/mol. The Labute approximate surface area is 303 Å². The van der Waals surface area contributed by atoms with Crippen LogP contribution in [0, 0.1) is 0 Å². The van der Waals surface area contributed by atoms with Crippen molar-refractivity contribution in [2.45, 2.75) is 11.8 Å². The van der Waals surface area contributed by atoms with Crippen LogP contribution in [-0.4, -0.2) is 4.98 Å². The highest BCUT2D eigenvalue weighted by atomic mass is 31.0. The third kappa shape index (κ3) is 4.50. The van der Waals surface area contributed by atoms with Gasteiger partial charge in [0.05, 0.1) is 11.0 Å². The van der Waals surface area contributed by atoms with E-state index in [0.717, 1.165) is 11.0 Å². The largest absolute Gasteiger partial charge is 0.251 e. The molecule has 2 heterocycles. The van der Waals surface area contributed by atoms with E-state index in [0.29, 0.717) is 0 Å². The van der Waals surface area contributed by atoms with Crippen LogP contribution >= 0.6 is 8.19 Å². The van der Waals surface area contributed by atoms with Gasteiger partial charge in [-0.1, -0.05) is 172 Å². The molecule has 1 nitrogen and oxygen atoms in total. The van der Waals surface area contributed by atoms with Gasteiger partial charge < -0.3 is 0 Å². The van der Waals surface area contributed by atoms with Gasteiger partial charge in [-0.05, 0) is 83.7 Å². The third-order valence-corrected chi connectivity index (χ3v) is 12.5. The molecule has 2 aliphatic carbocycles. The van der Waals surface area contributed by atoms with Crippen molar-refractivity contribution in [1.29, 1.82) is 0 Å². The molecule has 2 atom stereocenters. The first-order valence-corrected chi connectivity index (χ1v) is 19.0. The molecule has 7 aromatic rings. The highest BCUT2D eigenvalue weighted by molar-refractivity contribution is 7.41. The fourth-order valence-electron chi connectivity index (χ4n) is 8.78. The summed E-state index contributed by atoms with van der Waals surface area (Å²) in [7, 11) is 1.25. The molecule has 0 fully saturated rings. The van der Waals surface area contributed by atoms with Crippen LogP contribution in [0.4, 0.5) is 0 Å². The minimum Gasteiger partial charge on any atom is -0.251 e. The average molecular weight is 678 g/mol. The zero-order valence-electron chi connectivity index (χ0n) is 28.4. The van der Waals surface area contributed by atoms with Gasteiger partial charge in [-0.25, -0.2) is 0 Å². The van der Waals surface area contributed by atoms with Gasteiger partial charge in [0, 0.05) is 33.0 Å². The lowest BCUT2D eigenvalue weighted by Gasteiger charge is -2.18. The molecular weight excluding hydrogens is 646 g/mol. The van der Waals surface area contributed by atoms with Crippen LogP contribution in [0.3, 0.4) is 0 Å². The SMILES string of the molecule is C1=CC(c2ccccc2)c2c3c4ccccc4pc-3c3c(nc2=C1)C(c1ccc(-c2ccc4c5ccccc5c5ccccc5c4c2)cc1)C=CC=3. The molecule has 0 N–H and O–H groups in total. The van der Waals surface area contributed by atoms with E-state index in [4.69, 9.17) is 4.98 Å². The molecule has 11 rings (SSSR count). The summed E-state index contributed by atoms with van der Waals surface area (Å²) in [5.41, 5.74) is 8.81. The predicted molar refractivity (Wildman–Crippen MR) is 222 cm³/mol. The van der Waals surface area contributed by atoms with Gasteiger partial charge in [0.1, 0.15) is 0 Å². The summed E-state index contributed by atoms with van der Waals surface area (Å²) in [5.74, 6) is 0.190. The van der Waals surface area contributed by atoms with Crippen molar-refractivity contribution in [2.24, 2.45) is 0 Å². The van der Waals surface area contributed by atoms with Gasteiger partial charge in [-0.15, -0.1) is 0 Å². The number of hydrogen-bond donors (Lipinski definition) is 0. The highest BCUT2D eigenvalue weighted by Gasteiger charge is 2.28. The van der Waals surface area contributed by atoms with E-state index in [2.05, 4.69) is 182 Å². The molecule has 0 radical (unpaired) electrons. The summed E-state index contributed by atoms with van der Waals surface area (Å²) < 4.78 is 0. The van der Waals surface area contributed by atoms with Crippen LogP contribution < -0.4 is 10.6 Å². The first kappa shape index (κ1) is 29.6. The van der Waals surface area contributed by atoms with E-state index in [1.807, 2.05) is 0 Å². The Balaban J connectivity index is 1.06. The molecule has 0 spiro atoms. The Morgan fingerprint density at radius 3 is 1.79 bits per heavy atom. The molecule has 2 unspecified atom stereocenters. The van der Waals surface area contributed by atoms with Gasteiger partial charge in [-0.2, -0.15) is 0 Å². The van der Waals surface area contributed by atoms with Crippen molar-refractivity contribution < 1.29 is 0 Å². The Bertz CT molecular complexity index is 3030. The van der Waals surface area contributed by atoms with Crippen LogP contribution in [0.1, 0.15) is 34.2 Å². The number of nitrogens with zero attached hydrogens (tertiary/aromatic N) is 1. The third-order valence-electron chi connectivity index (χ3n) is 11.2. The number of allylic oxidation sites excluding steroid dienone is 4. The summed E-state index contributed by atoms with van der Waals surface area (Å²) in [6.07, 6.45) is 13.6. The standard InChI is InChI=1S/C50H32NP/c1-2-12-32(13-3-1)35-19-11-22-45-47(35)48-42-18-8-9-23-46(42)52-50(48)43-21-10-20-36(49(43)51-45)33-26-24-31(25-27-33)34-28-29-41-39-16-5-4-14-37(39)38-15-6-7-17-40(38)44(41)30-34/h1-30,35-36H. The van der Waals surface area contributed by atoms with Crippen LogP contribution in [0.5, 0.6) is 0 Å². The fourth-order valence-corrected chi connectivity index (χ4v) is 10.2. The minimum absolute atomic E-state index is 0.0509. The average Bonchev–Trinajstić information content (AvgIpc) is 3.53. The Morgan fingerprint density at radius 1 is 0.462 bits per heavy atom. The molecule has 0 aromatic heterocycles. The van der Waals surface area contributed by atoms with E-state index in [9.17, 15) is 0 Å². The lowest BCUT2D eigenvalue weighted by molar-refractivity contribution is 0.918. The molecular formula is C50H32NP. The minimum atomic E-state index is 0.0509. The van der Waals surface area contributed by atoms with Gasteiger partial charge >= 0.3 is 0 Å². The van der Waals surface area contributed by atoms with Gasteiger partial charge in [0.2, 0.25) is 0 Å². The molecule has 0 amide bonds. The summed E-state index contributed by atoms with van der Waals surface area (Å²) in [5, 5.41) is 14.2. The first-order chi connectivity index (χ1) is 25.8. The Hall–Kier alpha value is -6.14. The van der Waals surface area contributed by atoms with Gasteiger partial charge in [0.15, 0.2) is 0 Å². The molecule has 0 saturated carbocycles. The molecule has 0 bridgehead atoms. The number of fused-ring (bicyclic) bond motifs is 13. The summed E-state index contributed by atoms with van der Waals surface area (Å²) in [6, 6.07) is 53.6. The number of hydrogen-bond acceptors (Lipinski definition) is 1. The Morgan fingerprint density at radius 2 is 1.04 bits per heavy atom. The highest BCUT2D eigenvalue weighted by Crippen LogP contribution is 2.46. The van der Waals surface area contributed by atoms with E-state index in [1.54, 1.807) is 0 Å². The lowest BCUT2D eigenvalue weighted by atomic mass is 9.85. The smallest absolute Gasteiger partial charge is 0.0681 e. The zero-order valence-corrected chi connectivity index (χ0v) is 29.3. The van der Waals surface area contributed by atoms with Gasteiger partial charge in [-0.3, -0.25) is 4.98 Å². The molecule has 2 aliphatic heterocycles. The maximum absolute atomic E-state index is 5.60. The van der Waals surface area contributed by atoms with E-state index in [1.165, 1.54) is 94.9 Å². The second-order valence-corrected chi connectivity index (χ2v) is 15.2. The topological polar surface area (TPSA) is 12.9 Å². The number of benzene rings is 7. The molecule has 4 aliphatic rings. The fraction of sp³-hybridized carbons (Fsp3) is 0.0400. The molecule has 0 saturated heterocycles. The van der Waals surface area contributed by atoms with E-state index < -0.39 is 0 Å². The van der Waals surface area contributed by atoms with E-state index in [-0.39, 0.29) is 11.8 Å². The number of aromatic nitrogens is 1. The summed E-state index contributed by atoms with van der Waals surface area (Å²) in [6.45, 7) is 0. The molecule has 52 heavy (non-hydrogen) atoms. The molecule has 242 valence electrons.